The molecular weight excluding hydrogens is 282 g/mol. The van der Waals surface area contributed by atoms with Crippen molar-refractivity contribution in [3.8, 4) is 0 Å². The first kappa shape index (κ1) is 14.6. The second kappa shape index (κ2) is 6.18. The highest BCUT2D eigenvalue weighted by atomic mass is 32.2. The highest BCUT2D eigenvalue weighted by molar-refractivity contribution is 8.15. The minimum Gasteiger partial charge on any atom is -0.304 e. The number of hydrogen-bond acceptors (Lipinski definition) is 4. The Balaban J connectivity index is 1.69. The number of aliphatic imine (C=N–C) groups is 1. The molecule has 1 aromatic heterocycles. The van der Waals surface area contributed by atoms with Crippen LogP contribution in [0.4, 0.5) is 0 Å². The van der Waals surface area contributed by atoms with Gasteiger partial charge in [0.2, 0.25) is 5.91 Å². The van der Waals surface area contributed by atoms with Gasteiger partial charge < -0.3 is 5.32 Å². The summed E-state index contributed by atoms with van der Waals surface area (Å²) in [6.07, 6.45) is 10.0. The minimum atomic E-state index is -0.589. The Labute approximate surface area is 129 Å². The molecule has 1 aliphatic heterocycles. The van der Waals surface area contributed by atoms with Gasteiger partial charge in [-0.15, -0.1) is 0 Å². The van der Waals surface area contributed by atoms with Gasteiger partial charge in [-0.05, 0) is 43.4 Å². The lowest BCUT2D eigenvalue weighted by Crippen LogP contribution is -2.31. The van der Waals surface area contributed by atoms with Gasteiger partial charge in [-0.3, -0.25) is 14.8 Å². The Kier molecular flexibility index (Phi) is 4.29. The molecule has 1 aliphatic carbocycles. The van der Waals surface area contributed by atoms with Crippen LogP contribution in [0.1, 0.15) is 44.6 Å². The number of nitrogens with one attached hydrogen (secondary N) is 1. The molecule has 0 aromatic carbocycles. The smallest absolute Gasteiger partial charge is 0.246 e. The van der Waals surface area contributed by atoms with E-state index in [9.17, 15) is 4.79 Å². The first-order chi connectivity index (χ1) is 10.2. The molecule has 21 heavy (non-hydrogen) atoms. The van der Waals surface area contributed by atoms with E-state index in [1.54, 1.807) is 12.4 Å². The fraction of sp³-hybridized carbons (Fsp3) is 0.562. The lowest BCUT2D eigenvalue weighted by Gasteiger charge is -2.20. The molecular formula is C16H21N3OS. The van der Waals surface area contributed by atoms with E-state index >= 15 is 0 Å². The van der Waals surface area contributed by atoms with E-state index in [2.05, 4.69) is 15.3 Å². The molecule has 1 saturated heterocycles. The molecule has 1 saturated carbocycles. The van der Waals surface area contributed by atoms with Crippen molar-refractivity contribution in [3.63, 3.8) is 0 Å². The molecule has 1 unspecified atom stereocenters. The van der Waals surface area contributed by atoms with Crippen LogP contribution in [-0.4, -0.2) is 22.6 Å². The number of thioether (sulfide) groups is 1. The third kappa shape index (κ3) is 3.12. The van der Waals surface area contributed by atoms with Gasteiger partial charge in [0.15, 0.2) is 5.17 Å². The molecule has 1 aromatic rings. The fourth-order valence-electron chi connectivity index (χ4n) is 3.00. The predicted octanol–water partition coefficient (Wildman–Crippen LogP) is 3.10. The van der Waals surface area contributed by atoms with Gasteiger partial charge in [0, 0.05) is 18.9 Å². The summed E-state index contributed by atoms with van der Waals surface area (Å²) in [6, 6.07) is 3.80. The summed E-state index contributed by atoms with van der Waals surface area (Å²) in [4.78, 5) is 21.0. The zero-order chi connectivity index (χ0) is 14.7. The number of amides is 1. The van der Waals surface area contributed by atoms with Crippen molar-refractivity contribution < 1.29 is 4.79 Å². The maximum atomic E-state index is 12.3. The van der Waals surface area contributed by atoms with Crippen LogP contribution in [0.25, 0.3) is 0 Å². The van der Waals surface area contributed by atoms with Gasteiger partial charge in [-0.2, -0.15) is 0 Å². The van der Waals surface area contributed by atoms with Crippen molar-refractivity contribution in [1.82, 2.24) is 10.3 Å². The Bertz CT molecular complexity index is 540. The number of aromatic nitrogens is 1. The Morgan fingerprint density at radius 1 is 1.33 bits per heavy atom. The predicted molar refractivity (Wildman–Crippen MR) is 86.2 cm³/mol. The van der Waals surface area contributed by atoms with Crippen LogP contribution in [0.15, 0.2) is 29.5 Å². The van der Waals surface area contributed by atoms with E-state index in [0.29, 0.717) is 5.92 Å². The molecule has 4 nitrogen and oxygen atoms in total. The van der Waals surface area contributed by atoms with Crippen molar-refractivity contribution in [1.29, 1.82) is 0 Å². The average Bonchev–Trinajstić information content (AvgIpc) is 2.83. The van der Waals surface area contributed by atoms with Crippen LogP contribution in [0.3, 0.4) is 0 Å². The molecule has 3 rings (SSSR count). The van der Waals surface area contributed by atoms with E-state index in [4.69, 9.17) is 0 Å². The normalized spacial score (nSPS) is 28.8. The summed E-state index contributed by atoms with van der Waals surface area (Å²) < 4.78 is -0.589. The summed E-state index contributed by atoms with van der Waals surface area (Å²) in [5.74, 6) is 0.706. The van der Waals surface area contributed by atoms with Gasteiger partial charge in [0.05, 0.1) is 0 Å². The molecule has 1 N–H and O–H groups in total. The van der Waals surface area contributed by atoms with Crippen molar-refractivity contribution in [3.05, 3.63) is 30.1 Å². The monoisotopic (exact) mass is 303 g/mol. The SMILES string of the molecule is CC1(c2ccncc2)SC(=NCC2CCCCC2)NC1=O. The molecule has 2 fully saturated rings. The third-order valence-corrected chi connectivity index (χ3v) is 5.66. The zero-order valence-electron chi connectivity index (χ0n) is 12.3. The van der Waals surface area contributed by atoms with E-state index in [1.807, 2.05) is 19.1 Å². The van der Waals surface area contributed by atoms with Crippen LogP contribution < -0.4 is 5.32 Å². The second-order valence-corrected chi connectivity index (χ2v) is 7.38. The summed E-state index contributed by atoms with van der Waals surface area (Å²) in [5, 5.41) is 3.70. The summed E-state index contributed by atoms with van der Waals surface area (Å²) in [5.41, 5.74) is 0.975. The van der Waals surface area contributed by atoms with Crippen LogP contribution in [-0.2, 0) is 9.54 Å². The standard InChI is InChI=1S/C16H21N3OS/c1-16(13-7-9-17-10-8-13)14(20)19-15(21-16)18-11-12-5-3-2-4-6-12/h7-10,12H,2-6,11H2,1H3,(H,18,19,20). The highest BCUT2D eigenvalue weighted by Gasteiger charge is 2.43. The van der Waals surface area contributed by atoms with Crippen LogP contribution >= 0.6 is 11.8 Å². The fourth-order valence-corrected chi connectivity index (χ4v) is 4.06. The Morgan fingerprint density at radius 3 is 2.76 bits per heavy atom. The van der Waals surface area contributed by atoms with E-state index < -0.39 is 4.75 Å². The number of hydrogen-bond donors (Lipinski definition) is 1. The Morgan fingerprint density at radius 2 is 2.05 bits per heavy atom. The van der Waals surface area contributed by atoms with Gasteiger partial charge in [-0.25, -0.2) is 0 Å². The van der Waals surface area contributed by atoms with E-state index in [0.717, 1.165) is 17.3 Å². The lowest BCUT2D eigenvalue weighted by atomic mass is 9.89. The topological polar surface area (TPSA) is 54.4 Å². The van der Waals surface area contributed by atoms with Gasteiger partial charge >= 0.3 is 0 Å². The quantitative estimate of drug-likeness (QED) is 0.933. The lowest BCUT2D eigenvalue weighted by molar-refractivity contribution is -0.121. The minimum absolute atomic E-state index is 0.0149. The third-order valence-electron chi connectivity index (χ3n) is 4.40. The maximum Gasteiger partial charge on any atom is 0.246 e. The van der Waals surface area contributed by atoms with E-state index in [-0.39, 0.29) is 5.91 Å². The van der Waals surface area contributed by atoms with Gasteiger partial charge in [0.1, 0.15) is 4.75 Å². The van der Waals surface area contributed by atoms with Crippen LogP contribution in [0.2, 0.25) is 0 Å². The molecule has 112 valence electrons. The van der Waals surface area contributed by atoms with E-state index in [1.165, 1.54) is 43.9 Å². The van der Waals surface area contributed by atoms with Crippen molar-refractivity contribution in [2.75, 3.05) is 6.54 Å². The number of rotatable bonds is 3. The number of pyridine rings is 1. The first-order valence-electron chi connectivity index (χ1n) is 7.64. The summed E-state index contributed by atoms with van der Waals surface area (Å²) in [7, 11) is 0. The van der Waals surface area contributed by atoms with Crippen molar-refractivity contribution >= 4 is 22.8 Å². The molecule has 1 amide bonds. The molecule has 2 heterocycles. The first-order valence-corrected chi connectivity index (χ1v) is 8.45. The average molecular weight is 303 g/mol. The second-order valence-electron chi connectivity index (χ2n) is 5.98. The maximum absolute atomic E-state index is 12.3. The van der Waals surface area contributed by atoms with Crippen molar-refractivity contribution in [2.45, 2.75) is 43.8 Å². The number of nitrogens with zero attached hydrogens (tertiary/aromatic N) is 2. The zero-order valence-corrected chi connectivity index (χ0v) is 13.2. The number of carbonyl (C=O) groups excluding carboxylic acids is 1. The summed E-state index contributed by atoms with van der Waals surface area (Å²) in [6.45, 7) is 2.79. The molecule has 0 spiro atoms. The molecule has 1 atom stereocenters. The number of amidine groups is 1. The Hall–Kier alpha value is -1.36. The molecule has 0 bridgehead atoms. The van der Waals surface area contributed by atoms with Crippen LogP contribution in [0, 0.1) is 5.92 Å². The summed E-state index contributed by atoms with van der Waals surface area (Å²) >= 11 is 1.52. The van der Waals surface area contributed by atoms with Crippen LogP contribution in [0.5, 0.6) is 0 Å². The highest BCUT2D eigenvalue weighted by Crippen LogP contribution is 2.41. The molecule has 5 heteroatoms. The van der Waals surface area contributed by atoms with Crippen molar-refractivity contribution in [2.24, 2.45) is 10.9 Å². The molecule has 0 radical (unpaired) electrons. The number of carbonyl (C=O) groups is 1. The largest absolute Gasteiger partial charge is 0.304 e. The molecule has 2 aliphatic rings. The van der Waals surface area contributed by atoms with Gasteiger partial charge in [0.25, 0.3) is 0 Å². The van der Waals surface area contributed by atoms with Gasteiger partial charge in [-0.1, -0.05) is 31.0 Å².